The van der Waals surface area contributed by atoms with Crippen molar-refractivity contribution >= 4 is 5.97 Å². The molecule has 2 heterocycles. The Hall–Kier alpha value is -2.24. The van der Waals surface area contributed by atoms with Gasteiger partial charge in [0.05, 0.1) is 11.3 Å². The Labute approximate surface area is 90.3 Å². The third-order valence-corrected chi connectivity index (χ3v) is 1.86. The summed E-state index contributed by atoms with van der Waals surface area (Å²) in [6.07, 6.45) is 2.96. The highest BCUT2D eigenvalue weighted by molar-refractivity contribution is 5.88. The summed E-state index contributed by atoms with van der Waals surface area (Å²) in [5, 5.41) is 5.67. The lowest BCUT2D eigenvalue weighted by atomic mass is 10.3. The first-order chi connectivity index (χ1) is 7.75. The molecule has 0 saturated carbocycles. The zero-order chi connectivity index (χ0) is 11.4. The van der Waals surface area contributed by atoms with Crippen LogP contribution in [0.5, 0.6) is 0 Å². The molecule has 2 rings (SSSR count). The smallest absolute Gasteiger partial charge is 0.340 e. The number of hydrogen-bond donors (Lipinski definition) is 1. The van der Waals surface area contributed by atoms with E-state index in [0.29, 0.717) is 11.3 Å². The Balaban J connectivity index is 1.94. The van der Waals surface area contributed by atoms with Crippen LogP contribution in [-0.2, 0) is 11.3 Å². The van der Waals surface area contributed by atoms with Crippen LogP contribution in [0.15, 0.2) is 30.6 Å². The first-order valence-electron chi connectivity index (χ1n) is 4.52. The Morgan fingerprint density at radius 1 is 1.56 bits per heavy atom. The van der Waals surface area contributed by atoms with E-state index in [1.54, 1.807) is 18.3 Å². The summed E-state index contributed by atoms with van der Waals surface area (Å²) in [6, 6.07) is 4.38. The predicted octanol–water partition coefficient (Wildman–Crippen LogP) is 1.30. The van der Waals surface area contributed by atoms with E-state index in [0.717, 1.165) is 6.07 Å². The number of hydrogen-bond acceptors (Lipinski definition) is 4. The van der Waals surface area contributed by atoms with E-state index in [1.165, 1.54) is 6.20 Å². The first-order valence-corrected chi connectivity index (χ1v) is 4.52. The van der Waals surface area contributed by atoms with Crippen LogP contribution < -0.4 is 0 Å². The number of aromatic nitrogens is 3. The molecule has 0 aliphatic carbocycles. The second kappa shape index (κ2) is 4.52. The molecule has 0 fully saturated rings. The van der Waals surface area contributed by atoms with Crippen molar-refractivity contribution in [3.63, 3.8) is 0 Å². The summed E-state index contributed by atoms with van der Waals surface area (Å²) in [4.78, 5) is 15.2. The quantitative estimate of drug-likeness (QED) is 0.793. The summed E-state index contributed by atoms with van der Waals surface area (Å²) in [5.41, 5.74) is 0.747. The zero-order valence-corrected chi connectivity index (χ0v) is 8.18. The molecular weight excluding hydrogens is 213 g/mol. The number of aromatic amines is 1. The van der Waals surface area contributed by atoms with Crippen molar-refractivity contribution in [1.29, 1.82) is 0 Å². The number of pyridine rings is 1. The fourth-order valence-electron chi connectivity index (χ4n) is 1.12. The first kappa shape index (κ1) is 10.3. The molecule has 0 atom stereocenters. The molecule has 0 spiro atoms. The van der Waals surface area contributed by atoms with E-state index < -0.39 is 11.9 Å². The average molecular weight is 221 g/mol. The van der Waals surface area contributed by atoms with Gasteiger partial charge in [-0.2, -0.15) is 4.39 Å². The maximum atomic E-state index is 12.5. The van der Waals surface area contributed by atoms with E-state index in [4.69, 9.17) is 4.74 Å². The molecule has 2 aromatic heterocycles. The molecule has 0 saturated heterocycles. The minimum Gasteiger partial charge on any atom is -0.456 e. The molecule has 0 unspecified atom stereocenters. The highest BCUT2D eigenvalue weighted by Gasteiger charge is 2.08. The van der Waals surface area contributed by atoms with Crippen LogP contribution in [0.25, 0.3) is 0 Å². The molecule has 6 heteroatoms. The van der Waals surface area contributed by atoms with E-state index >= 15 is 0 Å². The van der Waals surface area contributed by atoms with E-state index in [-0.39, 0.29) is 6.61 Å². The number of ether oxygens (including phenoxy) is 1. The van der Waals surface area contributed by atoms with Crippen LogP contribution in [0.2, 0.25) is 0 Å². The largest absolute Gasteiger partial charge is 0.456 e. The van der Waals surface area contributed by atoms with Gasteiger partial charge in [0.2, 0.25) is 5.95 Å². The van der Waals surface area contributed by atoms with Gasteiger partial charge in [-0.25, -0.2) is 4.79 Å². The van der Waals surface area contributed by atoms with E-state index in [2.05, 4.69) is 15.2 Å². The monoisotopic (exact) mass is 221 g/mol. The number of rotatable bonds is 3. The summed E-state index contributed by atoms with van der Waals surface area (Å²) in [6.45, 7) is -0.0509. The Bertz CT molecular complexity index is 484. The number of nitrogens with one attached hydrogen (secondary N) is 1. The van der Waals surface area contributed by atoms with Crippen molar-refractivity contribution in [2.24, 2.45) is 0 Å². The van der Waals surface area contributed by atoms with Crippen molar-refractivity contribution in [3.8, 4) is 0 Å². The van der Waals surface area contributed by atoms with Crippen LogP contribution in [0.3, 0.4) is 0 Å². The van der Waals surface area contributed by atoms with Crippen LogP contribution in [0, 0.1) is 5.95 Å². The average Bonchev–Trinajstić information content (AvgIpc) is 2.73. The Morgan fingerprint density at radius 3 is 3.06 bits per heavy atom. The van der Waals surface area contributed by atoms with Crippen LogP contribution >= 0.6 is 0 Å². The molecule has 1 N–H and O–H groups in total. The highest BCUT2D eigenvalue weighted by atomic mass is 19.1. The van der Waals surface area contributed by atoms with Crippen LogP contribution in [0.1, 0.15) is 16.1 Å². The normalized spacial score (nSPS) is 10.1. The second-order valence-corrected chi connectivity index (χ2v) is 3.03. The summed E-state index contributed by atoms with van der Waals surface area (Å²) >= 11 is 0. The molecule has 0 bridgehead atoms. The van der Waals surface area contributed by atoms with E-state index in [1.807, 2.05) is 0 Å². The lowest BCUT2D eigenvalue weighted by Crippen LogP contribution is -2.05. The van der Waals surface area contributed by atoms with Gasteiger partial charge in [0.15, 0.2) is 0 Å². The number of halogens is 1. The van der Waals surface area contributed by atoms with Gasteiger partial charge in [0.25, 0.3) is 0 Å². The number of carbonyl (C=O) groups is 1. The van der Waals surface area contributed by atoms with Crippen molar-refractivity contribution in [2.75, 3.05) is 0 Å². The number of carbonyl (C=O) groups excluding carboxylic acids is 1. The van der Waals surface area contributed by atoms with Gasteiger partial charge in [-0.3, -0.25) is 10.1 Å². The van der Waals surface area contributed by atoms with Crippen molar-refractivity contribution < 1.29 is 13.9 Å². The van der Waals surface area contributed by atoms with Gasteiger partial charge in [0.1, 0.15) is 6.61 Å². The molecular formula is C10H8FN3O2. The van der Waals surface area contributed by atoms with Crippen LogP contribution in [0.4, 0.5) is 4.39 Å². The van der Waals surface area contributed by atoms with Gasteiger partial charge in [-0.1, -0.05) is 0 Å². The Kier molecular flexibility index (Phi) is 2.90. The standard InChI is InChI=1S/C10H8FN3O2/c11-9-4-8(13-14-9)6-16-10(15)7-2-1-3-12-5-7/h1-5H,6H2,(H,13,14). The lowest BCUT2D eigenvalue weighted by Gasteiger charge is -2.01. The Morgan fingerprint density at radius 2 is 2.44 bits per heavy atom. The topological polar surface area (TPSA) is 67.9 Å². The number of esters is 1. The molecule has 0 aromatic carbocycles. The fourth-order valence-corrected chi connectivity index (χ4v) is 1.12. The SMILES string of the molecule is O=C(OCc1cc(F)n[nH]1)c1cccnc1. The fraction of sp³-hybridized carbons (Fsp3) is 0.100. The third kappa shape index (κ3) is 2.41. The van der Waals surface area contributed by atoms with Gasteiger partial charge >= 0.3 is 5.97 Å². The van der Waals surface area contributed by atoms with Crippen molar-refractivity contribution in [2.45, 2.75) is 6.61 Å². The minimum atomic E-state index is -0.632. The second-order valence-electron chi connectivity index (χ2n) is 3.03. The molecule has 16 heavy (non-hydrogen) atoms. The van der Waals surface area contributed by atoms with Gasteiger partial charge in [-0.15, -0.1) is 5.10 Å². The summed E-state index contributed by atoms with van der Waals surface area (Å²) < 4.78 is 17.4. The molecule has 2 aromatic rings. The number of nitrogens with zero attached hydrogens (tertiary/aromatic N) is 2. The molecule has 5 nitrogen and oxygen atoms in total. The maximum absolute atomic E-state index is 12.5. The highest BCUT2D eigenvalue weighted by Crippen LogP contribution is 2.03. The minimum absolute atomic E-state index is 0.0509. The van der Waals surface area contributed by atoms with Crippen molar-refractivity contribution in [3.05, 3.63) is 47.8 Å². The number of H-pyrrole nitrogens is 1. The van der Waals surface area contributed by atoms with Gasteiger partial charge < -0.3 is 4.74 Å². The maximum Gasteiger partial charge on any atom is 0.340 e. The van der Waals surface area contributed by atoms with Gasteiger partial charge in [0, 0.05) is 18.5 Å². The summed E-state index contributed by atoms with van der Waals surface area (Å²) in [7, 11) is 0. The van der Waals surface area contributed by atoms with Crippen LogP contribution in [-0.4, -0.2) is 21.2 Å². The molecule has 0 radical (unpaired) electrons. The van der Waals surface area contributed by atoms with E-state index in [9.17, 15) is 9.18 Å². The van der Waals surface area contributed by atoms with Gasteiger partial charge in [-0.05, 0) is 12.1 Å². The molecule has 0 amide bonds. The predicted molar refractivity (Wildman–Crippen MR) is 51.9 cm³/mol. The molecule has 0 aliphatic rings. The molecule has 0 aliphatic heterocycles. The van der Waals surface area contributed by atoms with Crippen molar-refractivity contribution in [1.82, 2.24) is 15.2 Å². The third-order valence-electron chi connectivity index (χ3n) is 1.86. The lowest BCUT2D eigenvalue weighted by molar-refractivity contribution is 0.0467. The molecule has 82 valence electrons. The zero-order valence-electron chi connectivity index (χ0n) is 8.18. The summed E-state index contributed by atoms with van der Waals surface area (Å²) in [5.74, 6) is -1.14.